The minimum atomic E-state index is -0.916. The van der Waals surface area contributed by atoms with Crippen molar-refractivity contribution in [1.82, 2.24) is 5.32 Å². The van der Waals surface area contributed by atoms with Crippen molar-refractivity contribution in [3.63, 3.8) is 0 Å². The van der Waals surface area contributed by atoms with Crippen LogP contribution in [0.3, 0.4) is 0 Å². The van der Waals surface area contributed by atoms with Crippen molar-refractivity contribution in [3.8, 4) is 0 Å². The molecular formula is C10H20N2O4. The number of nitrogens with two attached hydrogens (primary N) is 1. The largest absolute Gasteiger partial charge is 0.379 e. The van der Waals surface area contributed by atoms with E-state index in [2.05, 4.69) is 5.32 Å². The van der Waals surface area contributed by atoms with Gasteiger partial charge in [0.2, 0.25) is 5.91 Å². The van der Waals surface area contributed by atoms with Gasteiger partial charge < -0.3 is 25.3 Å². The first kappa shape index (κ1) is 13.4. The van der Waals surface area contributed by atoms with Crippen LogP contribution in [0.2, 0.25) is 0 Å². The number of nitrogens with one attached hydrogen (secondary N) is 1. The van der Waals surface area contributed by atoms with Gasteiger partial charge in [-0.3, -0.25) is 4.79 Å². The van der Waals surface area contributed by atoms with E-state index in [-0.39, 0.29) is 18.6 Å². The molecule has 0 spiro atoms. The maximum absolute atomic E-state index is 11.9. The second-order valence-corrected chi connectivity index (χ2v) is 4.06. The number of rotatable bonds is 5. The molecule has 1 saturated heterocycles. The number of hydrogen-bond acceptors (Lipinski definition) is 5. The third kappa shape index (κ3) is 2.91. The van der Waals surface area contributed by atoms with Crippen molar-refractivity contribution in [2.24, 2.45) is 5.73 Å². The van der Waals surface area contributed by atoms with Gasteiger partial charge in [0.05, 0.1) is 12.6 Å². The fourth-order valence-corrected chi connectivity index (χ4v) is 1.68. The highest BCUT2D eigenvalue weighted by atomic mass is 16.7. The summed E-state index contributed by atoms with van der Waals surface area (Å²) in [4.78, 5) is 11.9. The van der Waals surface area contributed by atoms with Crippen molar-refractivity contribution in [3.05, 3.63) is 0 Å². The van der Waals surface area contributed by atoms with Gasteiger partial charge in [-0.25, -0.2) is 0 Å². The Kier molecular flexibility index (Phi) is 4.67. The molecule has 0 radical (unpaired) electrons. The summed E-state index contributed by atoms with van der Waals surface area (Å²) < 4.78 is 15.2. The Hall–Kier alpha value is -0.690. The summed E-state index contributed by atoms with van der Waals surface area (Å²) in [5.74, 6) is -0.225. The Morgan fingerprint density at radius 2 is 2.12 bits per heavy atom. The number of hydrogen-bond donors (Lipinski definition) is 2. The molecule has 3 N–H and O–H groups in total. The van der Waals surface area contributed by atoms with Crippen LogP contribution in [0, 0.1) is 0 Å². The fraction of sp³-hybridized carbons (Fsp3) is 0.900. The van der Waals surface area contributed by atoms with Gasteiger partial charge in [-0.05, 0) is 13.3 Å². The molecule has 0 aromatic carbocycles. The van der Waals surface area contributed by atoms with Crippen molar-refractivity contribution in [2.75, 3.05) is 27.4 Å². The Bertz CT molecular complexity index is 237. The zero-order valence-corrected chi connectivity index (χ0v) is 9.99. The topological polar surface area (TPSA) is 82.8 Å². The molecule has 94 valence electrons. The molecule has 0 aromatic rings. The van der Waals surface area contributed by atoms with Crippen LogP contribution >= 0.6 is 0 Å². The molecule has 0 aliphatic carbocycles. The second-order valence-electron chi connectivity index (χ2n) is 4.06. The lowest BCUT2D eigenvalue weighted by Crippen LogP contribution is -2.58. The molecule has 1 rings (SSSR count). The highest BCUT2D eigenvalue weighted by Crippen LogP contribution is 2.16. The van der Waals surface area contributed by atoms with Crippen molar-refractivity contribution in [2.45, 2.75) is 31.2 Å². The Labute approximate surface area is 95.4 Å². The number of carbonyl (C=O) groups excluding carboxylic acids is 1. The van der Waals surface area contributed by atoms with E-state index in [4.69, 9.17) is 19.9 Å². The first-order valence-electron chi connectivity index (χ1n) is 5.26. The molecule has 0 saturated carbocycles. The average Bonchev–Trinajstić information content (AvgIpc) is 2.68. The summed E-state index contributed by atoms with van der Waals surface area (Å²) in [6.07, 6.45) is 0.0609. The molecule has 1 aliphatic heterocycles. The lowest BCUT2D eigenvalue weighted by molar-refractivity contribution is -0.139. The highest BCUT2D eigenvalue weighted by molar-refractivity contribution is 5.86. The molecule has 0 bridgehead atoms. The van der Waals surface area contributed by atoms with Gasteiger partial charge in [0.25, 0.3) is 0 Å². The summed E-state index contributed by atoms with van der Waals surface area (Å²) in [6, 6.07) is -0.261. The first-order chi connectivity index (χ1) is 7.53. The molecule has 1 fully saturated rings. The van der Waals surface area contributed by atoms with Gasteiger partial charge in [-0.1, -0.05) is 0 Å². The molecule has 1 heterocycles. The van der Waals surface area contributed by atoms with Crippen LogP contribution in [0.1, 0.15) is 13.3 Å². The SMILES string of the molecule is COC(OC)C(C)NC(=O)C1(N)CCOC1. The van der Waals surface area contributed by atoms with Crippen LogP contribution < -0.4 is 11.1 Å². The normalized spacial score (nSPS) is 27.1. The minimum Gasteiger partial charge on any atom is -0.379 e. The number of ether oxygens (including phenoxy) is 3. The zero-order valence-electron chi connectivity index (χ0n) is 9.99. The van der Waals surface area contributed by atoms with Crippen LogP contribution in [0.15, 0.2) is 0 Å². The Morgan fingerprint density at radius 1 is 1.50 bits per heavy atom. The number of methoxy groups -OCH3 is 2. The van der Waals surface area contributed by atoms with Gasteiger partial charge in [-0.2, -0.15) is 0 Å². The second kappa shape index (κ2) is 5.58. The van der Waals surface area contributed by atoms with Crippen molar-refractivity contribution < 1.29 is 19.0 Å². The third-order valence-corrected chi connectivity index (χ3v) is 2.74. The fourth-order valence-electron chi connectivity index (χ4n) is 1.68. The van der Waals surface area contributed by atoms with Crippen LogP contribution in [0.4, 0.5) is 0 Å². The predicted octanol–water partition coefficient (Wildman–Crippen LogP) is -0.772. The van der Waals surface area contributed by atoms with Crippen molar-refractivity contribution in [1.29, 1.82) is 0 Å². The van der Waals surface area contributed by atoms with E-state index in [9.17, 15) is 4.79 Å². The lowest BCUT2D eigenvalue weighted by atomic mass is 9.99. The summed E-state index contributed by atoms with van der Waals surface area (Å²) in [5.41, 5.74) is 5.00. The van der Waals surface area contributed by atoms with Gasteiger partial charge in [-0.15, -0.1) is 0 Å². The summed E-state index contributed by atoms with van der Waals surface area (Å²) in [7, 11) is 3.04. The molecule has 0 aromatic heterocycles. The maximum Gasteiger partial charge on any atom is 0.242 e. The van der Waals surface area contributed by atoms with E-state index < -0.39 is 11.8 Å². The molecule has 1 aliphatic rings. The first-order valence-corrected chi connectivity index (χ1v) is 5.26. The third-order valence-electron chi connectivity index (χ3n) is 2.74. The van der Waals surface area contributed by atoms with E-state index in [0.29, 0.717) is 13.0 Å². The molecule has 16 heavy (non-hydrogen) atoms. The van der Waals surface area contributed by atoms with Gasteiger partial charge in [0.1, 0.15) is 5.54 Å². The Balaban J connectivity index is 2.50. The number of amides is 1. The van der Waals surface area contributed by atoms with Crippen LogP contribution in [-0.4, -0.2) is 51.2 Å². The molecule has 1 amide bonds. The zero-order chi connectivity index (χ0) is 12.2. The molecule has 6 heteroatoms. The standard InChI is InChI=1S/C10H20N2O4/c1-7(8(14-2)15-3)12-9(13)10(11)4-5-16-6-10/h7-8H,4-6,11H2,1-3H3,(H,12,13). The minimum absolute atomic E-state index is 0.225. The van der Waals surface area contributed by atoms with E-state index in [1.807, 2.05) is 0 Å². The monoisotopic (exact) mass is 232 g/mol. The van der Waals surface area contributed by atoms with E-state index in [0.717, 1.165) is 0 Å². The van der Waals surface area contributed by atoms with Crippen LogP contribution in [0.25, 0.3) is 0 Å². The van der Waals surface area contributed by atoms with E-state index >= 15 is 0 Å². The predicted molar refractivity (Wildman–Crippen MR) is 57.8 cm³/mol. The van der Waals surface area contributed by atoms with Gasteiger partial charge >= 0.3 is 0 Å². The lowest BCUT2D eigenvalue weighted by Gasteiger charge is -2.27. The molecule has 2 unspecified atom stereocenters. The van der Waals surface area contributed by atoms with Crippen molar-refractivity contribution >= 4 is 5.91 Å². The van der Waals surface area contributed by atoms with Gasteiger partial charge in [0, 0.05) is 20.8 Å². The quantitative estimate of drug-likeness (QED) is 0.608. The molecule has 2 atom stereocenters. The van der Waals surface area contributed by atoms with Crippen LogP contribution in [-0.2, 0) is 19.0 Å². The summed E-state index contributed by atoms with van der Waals surface area (Å²) in [6.45, 7) is 2.58. The highest BCUT2D eigenvalue weighted by Gasteiger charge is 2.39. The van der Waals surface area contributed by atoms with E-state index in [1.54, 1.807) is 6.92 Å². The van der Waals surface area contributed by atoms with Gasteiger partial charge in [0.15, 0.2) is 6.29 Å². The molecular weight excluding hydrogens is 212 g/mol. The summed E-state index contributed by atoms with van der Waals surface area (Å²) in [5, 5.41) is 2.77. The average molecular weight is 232 g/mol. The number of carbonyl (C=O) groups is 1. The smallest absolute Gasteiger partial charge is 0.242 e. The molecule has 6 nitrogen and oxygen atoms in total. The Morgan fingerprint density at radius 3 is 2.56 bits per heavy atom. The maximum atomic E-state index is 11.9. The summed E-state index contributed by atoms with van der Waals surface area (Å²) >= 11 is 0. The van der Waals surface area contributed by atoms with Crippen LogP contribution in [0.5, 0.6) is 0 Å². The van der Waals surface area contributed by atoms with E-state index in [1.165, 1.54) is 14.2 Å².